The summed E-state index contributed by atoms with van der Waals surface area (Å²) in [4.78, 5) is 7.30. The van der Waals surface area contributed by atoms with Gasteiger partial charge in [0.15, 0.2) is 0 Å². The molecule has 1 radical (unpaired) electrons. The summed E-state index contributed by atoms with van der Waals surface area (Å²) >= 11 is 0. The molecule has 2 N–H and O–H groups in total. The third-order valence-corrected chi connectivity index (χ3v) is 9.22. The van der Waals surface area contributed by atoms with Crippen LogP contribution >= 0.6 is 0 Å². The van der Waals surface area contributed by atoms with Crippen molar-refractivity contribution in [2.45, 2.75) is 151 Å². The van der Waals surface area contributed by atoms with Crippen molar-refractivity contribution in [2.75, 3.05) is 23.7 Å². The Labute approximate surface area is 332 Å². The number of hydrogen-bond donors (Lipinski definition) is 2. The summed E-state index contributed by atoms with van der Waals surface area (Å²) in [5, 5.41) is 8.06. The molecule has 0 bridgehead atoms. The van der Waals surface area contributed by atoms with Crippen molar-refractivity contribution in [3.05, 3.63) is 87.7 Å². The number of nitrogens with one attached hydrogen (secondary N) is 2. The number of nitrogens with zero attached hydrogens (tertiary/aromatic N) is 2. The van der Waals surface area contributed by atoms with E-state index in [4.69, 9.17) is 4.98 Å². The van der Waals surface area contributed by atoms with Gasteiger partial charge in [0.05, 0.1) is 5.69 Å². The van der Waals surface area contributed by atoms with E-state index in [1.165, 1.54) is 44.8 Å². The third kappa shape index (κ3) is 13.6. The number of rotatable bonds is 16. The minimum atomic E-state index is 0. The van der Waals surface area contributed by atoms with Gasteiger partial charge in [0.2, 0.25) is 0 Å². The minimum absolute atomic E-state index is 0. The van der Waals surface area contributed by atoms with Gasteiger partial charge in [-0.2, -0.15) is 0 Å². The fraction of sp³-hybridized carbons (Fsp3) is 0.595. The SMILES string of the molecule is CC(CN(Cc1ccccn1)CC(C)Nc1c(C(C)C)cc(C(C)C)cc1C(C)C)Nc1c(C(C)C)cc(C(C)C)cc1C(C)C.[Br-].[Br-].[Co+2]. The molecule has 0 saturated heterocycles. The number of anilines is 2. The molecule has 0 aliphatic rings. The first-order chi connectivity index (χ1) is 21.6. The Hall–Kier alpha value is -1.38. The Bertz CT molecular complexity index is 1250. The molecule has 3 aromatic rings. The fourth-order valence-corrected chi connectivity index (χ4v) is 6.53. The Balaban J connectivity index is 0.00000768. The molecule has 0 aliphatic carbocycles. The molecule has 0 fully saturated rings. The summed E-state index contributed by atoms with van der Waals surface area (Å²) in [6.07, 6.45) is 1.91. The average molecular weight is 846 g/mol. The maximum absolute atomic E-state index is 4.72. The van der Waals surface area contributed by atoms with E-state index in [2.05, 4.69) is 149 Å². The summed E-state index contributed by atoms with van der Waals surface area (Å²) < 4.78 is 0. The van der Waals surface area contributed by atoms with E-state index < -0.39 is 0 Å². The van der Waals surface area contributed by atoms with Crippen LogP contribution < -0.4 is 44.6 Å². The standard InChI is InChI=1S/C42H66N4.2BrH.Co/c1-26(2)34-19-37(28(5)6)41(38(20-34)29(7)8)44-32(13)23-46(25-36-17-15-16-18-43-36)24-33(14)45-42-39(30(9)10)21-35(27(3)4)22-40(42)31(11)12;;;/h15-22,26-33,44-45H,23-25H2,1-14H3;2*1H;/q;;;+2/p-2. The first kappa shape index (κ1) is 47.6. The van der Waals surface area contributed by atoms with Gasteiger partial charge in [0, 0.05) is 49.3 Å². The average Bonchev–Trinajstić information content (AvgIpc) is 2.96. The molecule has 1 heterocycles. The van der Waals surface area contributed by atoms with Crippen LogP contribution in [0.5, 0.6) is 0 Å². The molecule has 7 heteroatoms. The predicted molar refractivity (Wildman–Crippen MR) is 203 cm³/mol. The Morgan fingerprint density at radius 3 is 1.14 bits per heavy atom. The van der Waals surface area contributed by atoms with Crippen molar-refractivity contribution < 1.29 is 50.7 Å². The number of halogens is 2. The molecular weight excluding hydrogens is 779 g/mol. The van der Waals surface area contributed by atoms with Gasteiger partial charge in [-0.25, -0.2) is 0 Å². The van der Waals surface area contributed by atoms with Crippen LogP contribution in [0.2, 0.25) is 0 Å². The minimum Gasteiger partial charge on any atom is -1.00 e. The van der Waals surface area contributed by atoms with Crippen molar-refractivity contribution in [3.8, 4) is 0 Å². The molecule has 0 spiro atoms. The summed E-state index contributed by atoms with van der Waals surface area (Å²) in [7, 11) is 0. The second-order valence-corrected chi connectivity index (χ2v) is 15.7. The maximum Gasteiger partial charge on any atom is 2.00 e. The Morgan fingerprint density at radius 2 is 0.878 bits per heavy atom. The zero-order valence-electron chi connectivity index (χ0n) is 32.8. The van der Waals surface area contributed by atoms with Crippen molar-refractivity contribution in [2.24, 2.45) is 0 Å². The quantitative estimate of drug-likeness (QED) is 0.196. The van der Waals surface area contributed by atoms with E-state index >= 15 is 0 Å². The third-order valence-electron chi connectivity index (χ3n) is 9.22. The summed E-state index contributed by atoms with van der Waals surface area (Å²) in [6, 6.07) is 16.6. The van der Waals surface area contributed by atoms with Gasteiger partial charge in [-0.15, -0.1) is 0 Å². The molecule has 1 aromatic heterocycles. The van der Waals surface area contributed by atoms with Crippen molar-refractivity contribution in [3.63, 3.8) is 0 Å². The molecule has 277 valence electrons. The number of pyridine rings is 1. The maximum atomic E-state index is 4.72. The Kier molecular flexibility index (Phi) is 21.2. The first-order valence-electron chi connectivity index (χ1n) is 18.1. The van der Waals surface area contributed by atoms with Crippen molar-refractivity contribution >= 4 is 11.4 Å². The second-order valence-electron chi connectivity index (χ2n) is 15.7. The van der Waals surface area contributed by atoms with Gasteiger partial charge >= 0.3 is 16.8 Å². The zero-order chi connectivity index (χ0) is 34.3. The summed E-state index contributed by atoms with van der Waals surface area (Å²) in [6.45, 7) is 35.1. The molecule has 0 aliphatic heterocycles. The molecule has 0 saturated carbocycles. The molecule has 2 unspecified atom stereocenters. The van der Waals surface area contributed by atoms with Gasteiger partial charge in [-0.3, -0.25) is 9.88 Å². The van der Waals surface area contributed by atoms with E-state index in [1.807, 2.05) is 12.3 Å². The van der Waals surface area contributed by atoms with Crippen LogP contribution in [0.1, 0.15) is 172 Å². The predicted octanol–water partition coefficient (Wildman–Crippen LogP) is 5.63. The van der Waals surface area contributed by atoms with Gasteiger partial charge in [0.1, 0.15) is 0 Å². The van der Waals surface area contributed by atoms with Crippen LogP contribution in [0.4, 0.5) is 11.4 Å². The van der Waals surface area contributed by atoms with E-state index in [0.29, 0.717) is 35.5 Å². The van der Waals surface area contributed by atoms with Crippen LogP contribution in [0.3, 0.4) is 0 Å². The second kappa shape index (κ2) is 21.9. The number of benzene rings is 2. The number of hydrogen-bond acceptors (Lipinski definition) is 4. The Morgan fingerprint density at radius 1 is 0.531 bits per heavy atom. The molecule has 0 amide bonds. The monoisotopic (exact) mass is 843 g/mol. The first-order valence-corrected chi connectivity index (χ1v) is 18.1. The molecule has 4 nitrogen and oxygen atoms in total. The van der Waals surface area contributed by atoms with Crippen molar-refractivity contribution in [1.29, 1.82) is 0 Å². The van der Waals surface area contributed by atoms with E-state index in [1.54, 1.807) is 0 Å². The molecular formula is C42H66Br2CoN4. The van der Waals surface area contributed by atoms with Gasteiger partial charge in [-0.05, 0) is 94.9 Å². The molecule has 49 heavy (non-hydrogen) atoms. The van der Waals surface area contributed by atoms with Crippen LogP contribution in [0.25, 0.3) is 0 Å². The van der Waals surface area contributed by atoms with E-state index in [-0.39, 0.29) is 62.8 Å². The normalized spacial score (nSPS) is 12.8. The van der Waals surface area contributed by atoms with E-state index in [9.17, 15) is 0 Å². The van der Waals surface area contributed by atoms with Crippen molar-refractivity contribution in [1.82, 2.24) is 9.88 Å². The van der Waals surface area contributed by atoms with Crippen LogP contribution in [0.15, 0.2) is 48.7 Å². The zero-order valence-corrected chi connectivity index (χ0v) is 37.1. The van der Waals surface area contributed by atoms with Crippen LogP contribution in [0, 0.1) is 0 Å². The molecule has 2 aromatic carbocycles. The summed E-state index contributed by atoms with van der Waals surface area (Å²) in [5.74, 6) is 2.83. The van der Waals surface area contributed by atoms with Gasteiger partial charge in [-0.1, -0.05) is 113 Å². The number of aromatic nitrogens is 1. The molecule has 2 atom stereocenters. The topological polar surface area (TPSA) is 40.2 Å². The largest absolute Gasteiger partial charge is 2.00 e. The fourth-order valence-electron chi connectivity index (χ4n) is 6.53. The summed E-state index contributed by atoms with van der Waals surface area (Å²) in [5.41, 5.74) is 12.4. The smallest absolute Gasteiger partial charge is 1.00 e. The van der Waals surface area contributed by atoms with Crippen LogP contribution in [-0.4, -0.2) is 35.1 Å². The van der Waals surface area contributed by atoms with Crippen LogP contribution in [-0.2, 0) is 23.3 Å². The van der Waals surface area contributed by atoms with E-state index in [0.717, 1.165) is 25.3 Å². The van der Waals surface area contributed by atoms with Gasteiger partial charge < -0.3 is 44.6 Å². The van der Waals surface area contributed by atoms with Gasteiger partial charge in [0.25, 0.3) is 0 Å². The molecule has 3 rings (SSSR count).